The minimum absolute atomic E-state index is 0.191. The SMILES string of the molecule is CNc1ccc(Cl)c(C(=O)N(C)CC2CC(O)C2)n1. The van der Waals surface area contributed by atoms with Crippen LogP contribution in [-0.2, 0) is 0 Å². The molecule has 0 atom stereocenters. The van der Waals surface area contributed by atoms with Crippen LogP contribution in [0.3, 0.4) is 0 Å². The molecule has 1 aromatic heterocycles. The molecule has 0 saturated heterocycles. The Morgan fingerprint density at radius 1 is 1.58 bits per heavy atom. The molecular weight excluding hydrogens is 266 g/mol. The molecule has 0 aliphatic heterocycles. The molecule has 1 saturated carbocycles. The van der Waals surface area contributed by atoms with Gasteiger partial charge >= 0.3 is 0 Å². The van der Waals surface area contributed by atoms with Crippen LogP contribution < -0.4 is 5.32 Å². The number of hydrogen-bond donors (Lipinski definition) is 2. The van der Waals surface area contributed by atoms with Gasteiger partial charge in [0.15, 0.2) is 0 Å². The Morgan fingerprint density at radius 3 is 2.84 bits per heavy atom. The summed E-state index contributed by atoms with van der Waals surface area (Å²) >= 11 is 6.02. The van der Waals surface area contributed by atoms with Crippen molar-refractivity contribution in [2.75, 3.05) is 26.0 Å². The minimum Gasteiger partial charge on any atom is -0.393 e. The van der Waals surface area contributed by atoms with Crippen LogP contribution in [0, 0.1) is 5.92 Å². The van der Waals surface area contributed by atoms with Crippen molar-refractivity contribution < 1.29 is 9.90 Å². The fourth-order valence-electron chi connectivity index (χ4n) is 2.23. The third-order valence-electron chi connectivity index (χ3n) is 3.39. The number of pyridine rings is 1. The van der Waals surface area contributed by atoms with E-state index in [2.05, 4.69) is 10.3 Å². The number of nitrogens with zero attached hydrogens (tertiary/aromatic N) is 2. The summed E-state index contributed by atoms with van der Waals surface area (Å²) in [6, 6.07) is 3.38. The van der Waals surface area contributed by atoms with Crippen molar-refractivity contribution in [2.45, 2.75) is 18.9 Å². The van der Waals surface area contributed by atoms with Crippen LogP contribution in [0.4, 0.5) is 5.82 Å². The average molecular weight is 284 g/mol. The van der Waals surface area contributed by atoms with E-state index in [-0.39, 0.29) is 17.7 Å². The Hall–Kier alpha value is -1.33. The lowest BCUT2D eigenvalue weighted by molar-refractivity contribution is 0.0264. The summed E-state index contributed by atoms with van der Waals surface area (Å²) in [5, 5.41) is 12.5. The summed E-state index contributed by atoms with van der Waals surface area (Å²) in [5.74, 6) is 0.791. The van der Waals surface area contributed by atoms with E-state index in [9.17, 15) is 9.90 Å². The van der Waals surface area contributed by atoms with Gasteiger partial charge in [-0.2, -0.15) is 0 Å². The first-order chi connectivity index (χ1) is 9.01. The fourth-order valence-corrected chi connectivity index (χ4v) is 2.42. The standard InChI is InChI=1S/C13H18ClN3O2/c1-15-11-4-3-10(14)12(16-11)13(19)17(2)7-8-5-9(18)6-8/h3-4,8-9,18H,5-7H2,1-2H3,(H,15,16). The highest BCUT2D eigenvalue weighted by atomic mass is 35.5. The molecule has 1 amide bonds. The van der Waals surface area contributed by atoms with Gasteiger partial charge in [-0.05, 0) is 30.9 Å². The molecule has 1 aliphatic rings. The van der Waals surface area contributed by atoms with Crippen LogP contribution in [0.25, 0.3) is 0 Å². The van der Waals surface area contributed by atoms with Crippen molar-refractivity contribution >= 4 is 23.3 Å². The third-order valence-corrected chi connectivity index (χ3v) is 3.70. The van der Waals surface area contributed by atoms with E-state index in [0.717, 1.165) is 12.8 Å². The highest BCUT2D eigenvalue weighted by Crippen LogP contribution is 2.28. The summed E-state index contributed by atoms with van der Waals surface area (Å²) in [4.78, 5) is 18.1. The second-order valence-corrected chi connectivity index (χ2v) is 5.36. The van der Waals surface area contributed by atoms with Crippen molar-refractivity contribution in [2.24, 2.45) is 5.92 Å². The molecule has 0 aromatic carbocycles. The number of aliphatic hydroxyl groups excluding tert-OH is 1. The van der Waals surface area contributed by atoms with Crippen LogP contribution in [-0.4, -0.2) is 47.6 Å². The molecule has 5 nitrogen and oxygen atoms in total. The molecule has 1 aliphatic carbocycles. The van der Waals surface area contributed by atoms with Crippen molar-refractivity contribution in [3.8, 4) is 0 Å². The number of carbonyl (C=O) groups is 1. The summed E-state index contributed by atoms with van der Waals surface area (Å²) in [6.07, 6.45) is 1.31. The second-order valence-electron chi connectivity index (χ2n) is 4.95. The number of hydrogen-bond acceptors (Lipinski definition) is 4. The molecule has 6 heteroatoms. The van der Waals surface area contributed by atoms with Crippen molar-refractivity contribution in [3.05, 3.63) is 22.8 Å². The van der Waals surface area contributed by atoms with Gasteiger partial charge in [-0.15, -0.1) is 0 Å². The molecule has 1 heterocycles. The molecule has 1 aromatic rings. The lowest BCUT2D eigenvalue weighted by Crippen LogP contribution is -2.39. The zero-order valence-electron chi connectivity index (χ0n) is 11.1. The maximum Gasteiger partial charge on any atom is 0.273 e. The molecule has 19 heavy (non-hydrogen) atoms. The van der Waals surface area contributed by atoms with Crippen LogP contribution >= 0.6 is 11.6 Å². The molecule has 0 bridgehead atoms. The minimum atomic E-state index is -0.206. The molecule has 2 N–H and O–H groups in total. The number of carbonyl (C=O) groups excluding carboxylic acids is 1. The summed E-state index contributed by atoms with van der Waals surface area (Å²) < 4.78 is 0. The van der Waals surface area contributed by atoms with E-state index in [0.29, 0.717) is 23.3 Å². The molecular formula is C13H18ClN3O2. The second kappa shape index (κ2) is 5.75. The van der Waals surface area contributed by atoms with Gasteiger partial charge in [-0.1, -0.05) is 11.6 Å². The predicted molar refractivity (Wildman–Crippen MR) is 74.5 cm³/mol. The quantitative estimate of drug-likeness (QED) is 0.881. The topological polar surface area (TPSA) is 65.5 Å². The number of anilines is 1. The monoisotopic (exact) mass is 283 g/mol. The Bertz CT molecular complexity index is 475. The number of aromatic nitrogens is 1. The van der Waals surface area contributed by atoms with Crippen LogP contribution in [0.2, 0.25) is 5.02 Å². The maximum absolute atomic E-state index is 12.3. The van der Waals surface area contributed by atoms with E-state index >= 15 is 0 Å². The zero-order valence-corrected chi connectivity index (χ0v) is 11.8. The van der Waals surface area contributed by atoms with Gasteiger partial charge in [0.1, 0.15) is 11.5 Å². The average Bonchev–Trinajstić information content (AvgIpc) is 2.36. The number of rotatable bonds is 4. The largest absolute Gasteiger partial charge is 0.393 e. The Kier molecular flexibility index (Phi) is 4.27. The first kappa shape index (κ1) is 14.1. The smallest absolute Gasteiger partial charge is 0.273 e. The Balaban J connectivity index is 2.05. The van der Waals surface area contributed by atoms with E-state index in [4.69, 9.17) is 11.6 Å². The van der Waals surface area contributed by atoms with Gasteiger partial charge < -0.3 is 15.3 Å². The Morgan fingerprint density at radius 2 is 2.26 bits per heavy atom. The first-order valence-corrected chi connectivity index (χ1v) is 6.67. The fraction of sp³-hybridized carbons (Fsp3) is 0.538. The van der Waals surface area contributed by atoms with E-state index in [1.54, 1.807) is 31.1 Å². The maximum atomic E-state index is 12.3. The highest BCUT2D eigenvalue weighted by Gasteiger charge is 2.30. The summed E-state index contributed by atoms with van der Waals surface area (Å²) in [6.45, 7) is 0.623. The molecule has 2 rings (SSSR count). The van der Waals surface area contributed by atoms with Gasteiger partial charge in [0.05, 0.1) is 11.1 Å². The van der Waals surface area contributed by atoms with E-state index < -0.39 is 0 Å². The van der Waals surface area contributed by atoms with Gasteiger partial charge in [-0.3, -0.25) is 4.79 Å². The van der Waals surface area contributed by atoms with E-state index in [1.807, 2.05) is 0 Å². The first-order valence-electron chi connectivity index (χ1n) is 6.29. The van der Waals surface area contributed by atoms with Crippen LogP contribution in [0.5, 0.6) is 0 Å². The van der Waals surface area contributed by atoms with Crippen molar-refractivity contribution in [3.63, 3.8) is 0 Å². The molecule has 0 unspecified atom stereocenters. The molecule has 1 fully saturated rings. The zero-order chi connectivity index (χ0) is 14.0. The third kappa shape index (κ3) is 3.16. The van der Waals surface area contributed by atoms with Crippen LogP contribution in [0.1, 0.15) is 23.3 Å². The lowest BCUT2D eigenvalue weighted by atomic mass is 9.82. The molecule has 104 valence electrons. The number of nitrogens with one attached hydrogen (secondary N) is 1. The van der Waals surface area contributed by atoms with Gasteiger partial charge in [0, 0.05) is 20.6 Å². The Labute approximate surface area is 117 Å². The number of amides is 1. The normalized spacial score (nSPS) is 21.7. The van der Waals surface area contributed by atoms with Gasteiger partial charge in [-0.25, -0.2) is 4.98 Å². The number of aliphatic hydroxyl groups is 1. The molecule has 0 spiro atoms. The molecule has 0 radical (unpaired) electrons. The summed E-state index contributed by atoms with van der Waals surface area (Å²) in [7, 11) is 3.47. The van der Waals surface area contributed by atoms with Gasteiger partial charge in [0.2, 0.25) is 0 Å². The predicted octanol–water partition coefficient (Wildman–Crippen LogP) is 1.62. The summed E-state index contributed by atoms with van der Waals surface area (Å²) in [5.41, 5.74) is 0.260. The highest BCUT2D eigenvalue weighted by molar-refractivity contribution is 6.33. The number of halogens is 1. The van der Waals surface area contributed by atoms with Crippen molar-refractivity contribution in [1.29, 1.82) is 0 Å². The lowest BCUT2D eigenvalue weighted by Gasteiger charge is -2.34. The van der Waals surface area contributed by atoms with E-state index in [1.165, 1.54) is 0 Å². The van der Waals surface area contributed by atoms with Gasteiger partial charge in [0.25, 0.3) is 5.91 Å². The van der Waals surface area contributed by atoms with Crippen LogP contribution in [0.15, 0.2) is 12.1 Å². The van der Waals surface area contributed by atoms with Crippen molar-refractivity contribution in [1.82, 2.24) is 9.88 Å².